The lowest BCUT2D eigenvalue weighted by Gasteiger charge is -2.16. The fraction of sp³-hybridized carbons (Fsp3) is 0.292. The molecule has 1 saturated carbocycles. The molecule has 0 atom stereocenters. The summed E-state index contributed by atoms with van der Waals surface area (Å²) in [7, 11) is 0. The van der Waals surface area contributed by atoms with Gasteiger partial charge in [0.05, 0.1) is 5.41 Å². The summed E-state index contributed by atoms with van der Waals surface area (Å²) in [5.74, 6) is 1.87. The van der Waals surface area contributed by atoms with Gasteiger partial charge in [0.15, 0.2) is 11.5 Å². The van der Waals surface area contributed by atoms with Gasteiger partial charge in [-0.2, -0.15) is 0 Å². The normalized spacial score (nSPS) is 18.8. The molecule has 0 aromatic heterocycles. The summed E-state index contributed by atoms with van der Waals surface area (Å²) in [6.45, 7) is 0.266. The Morgan fingerprint density at radius 1 is 0.926 bits per heavy atom. The first kappa shape index (κ1) is 16.4. The van der Waals surface area contributed by atoms with Crippen LogP contribution in [0, 0.1) is 0 Å². The quantitative estimate of drug-likeness (QED) is 0.736. The van der Waals surface area contributed by atoms with Gasteiger partial charge in [0, 0.05) is 6.42 Å². The van der Waals surface area contributed by atoms with E-state index in [0.717, 1.165) is 42.7 Å². The average Bonchev–Trinajstić information content (AvgIpc) is 3.17. The van der Waals surface area contributed by atoms with E-state index < -0.39 is 0 Å². The van der Waals surface area contributed by atoms with E-state index in [9.17, 15) is 4.79 Å². The maximum absolute atomic E-state index is 13.1. The number of carbonyl (C=O) groups excluding carboxylic acids is 1. The Kier molecular flexibility index (Phi) is 3.89. The zero-order chi connectivity index (χ0) is 18.3. The summed E-state index contributed by atoms with van der Waals surface area (Å²) >= 11 is 0. The zero-order valence-electron chi connectivity index (χ0n) is 15.2. The minimum atomic E-state index is -0.315. The fourth-order valence-electron chi connectivity index (χ4n) is 4.17. The van der Waals surface area contributed by atoms with Crippen molar-refractivity contribution in [1.82, 2.24) is 0 Å². The molecule has 3 heteroatoms. The van der Waals surface area contributed by atoms with E-state index in [1.165, 1.54) is 16.7 Å². The van der Waals surface area contributed by atoms with Crippen molar-refractivity contribution in [3.8, 4) is 11.5 Å². The highest BCUT2D eigenvalue weighted by molar-refractivity contribution is 5.95. The second-order valence-electron chi connectivity index (χ2n) is 7.74. The third-order valence-electron chi connectivity index (χ3n) is 5.88. The van der Waals surface area contributed by atoms with Gasteiger partial charge in [0.1, 0.15) is 5.78 Å². The van der Waals surface area contributed by atoms with Crippen LogP contribution < -0.4 is 9.47 Å². The molecule has 3 nitrogen and oxygen atoms in total. The van der Waals surface area contributed by atoms with Crippen LogP contribution in [-0.4, -0.2) is 12.6 Å². The van der Waals surface area contributed by atoms with Crippen LogP contribution in [0.3, 0.4) is 0 Å². The number of Topliss-reactive ketones (excluding diaryl/α,β-unsaturated/α-hetero) is 1. The number of allylic oxidation sites excluding steroid dienone is 4. The lowest BCUT2D eigenvalue weighted by atomic mass is 9.87. The van der Waals surface area contributed by atoms with Gasteiger partial charge >= 0.3 is 0 Å². The molecule has 1 fully saturated rings. The maximum atomic E-state index is 13.1. The van der Waals surface area contributed by atoms with Crippen molar-refractivity contribution in [2.75, 3.05) is 6.79 Å². The van der Waals surface area contributed by atoms with E-state index in [1.54, 1.807) is 0 Å². The van der Waals surface area contributed by atoms with Crippen molar-refractivity contribution < 1.29 is 14.3 Å². The summed E-state index contributed by atoms with van der Waals surface area (Å²) < 4.78 is 10.9. The van der Waals surface area contributed by atoms with Crippen molar-refractivity contribution in [2.24, 2.45) is 0 Å². The second kappa shape index (κ2) is 6.41. The molecule has 1 aliphatic heterocycles. The third-order valence-corrected chi connectivity index (χ3v) is 5.88. The van der Waals surface area contributed by atoms with Crippen LogP contribution >= 0.6 is 0 Å². The molecule has 3 aliphatic rings. The topological polar surface area (TPSA) is 35.5 Å². The van der Waals surface area contributed by atoms with E-state index in [-0.39, 0.29) is 12.2 Å². The van der Waals surface area contributed by atoms with Crippen molar-refractivity contribution in [1.29, 1.82) is 0 Å². The molecular weight excluding hydrogens is 336 g/mol. The van der Waals surface area contributed by atoms with Crippen molar-refractivity contribution in [3.63, 3.8) is 0 Å². The highest BCUT2D eigenvalue weighted by Crippen LogP contribution is 2.52. The minimum absolute atomic E-state index is 0.266. The van der Waals surface area contributed by atoms with Gasteiger partial charge in [-0.25, -0.2) is 0 Å². The van der Waals surface area contributed by atoms with Gasteiger partial charge in [-0.05, 0) is 48.9 Å². The summed E-state index contributed by atoms with van der Waals surface area (Å²) in [4.78, 5) is 13.1. The Bertz CT molecular complexity index is 949. The molecule has 0 unspecified atom stereocenters. The van der Waals surface area contributed by atoms with E-state index in [0.29, 0.717) is 12.2 Å². The molecule has 2 aliphatic carbocycles. The first-order valence-electron chi connectivity index (χ1n) is 9.58. The van der Waals surface area contributed by atoms with E-state index in [4.69, 9.17) is 9.47 Å². The molecule has 0 radical (unpaired) electrons. The van der Waals surface area contributed by atoms with Gasteiger partial charge in [0.25, 0.3) is 0 Å². The maximum Gasteiger partial charge on any atom is 0.231 e. The van der Waals surface area contributed by atoms with Crippen LogP contribution in [0.1, 0.15) is 36.8 Å². The van der Waals surface area contributed by atoms with Crippen LogP contribution in [-0.2, 0) is 16.6 Å². The number of carbonyl (C=O) groups is 1. The predicted octanol–water partition coefficient (Wildman–Crippen LogP) is 4.91. The number of benzene rings is 2. The van der Waals surface area contributed by atoms with E-state index >= 15 is 0 Å². The van der Waals surface area contributed by atoms with Crippen LogP contribution in [0.4, 0.5) is 0 Å². The Balaban J connectivity index is 1.24. The van der Waals surface area contributed by atoms with Crippen LogP contribution in [0.2, 0.25) is 0 Å². The van der Waals surface area contributed by atoms with Gasteiger partial charge in [-0.15, -0.1) is 0 Å². The summed E-state index contributed by atoms with van der Waals surface area (Å²) in [5.41, 5.74) is 4.70. The standard InChI is InChI=1S/C24H22O3/c25-23(14-19-7-6-18(13-19)12-17-4-2-1-3-5-17)24(10-11-24)20-8-9-21-22(15-20)27-16-26-21/h1-9,15H,10-14,16H2. The molecule has 136 valence electrons. The first-order chi connectivity index (χ1) is 13.2. The van der Waals surface area contributed by atoms with Crippen LogP contribution in [0.25, 0.3) is 0 Å². The largest absolute Gasteiger partial charge is 0.454 e. The number of hydrogen-bond donors (Lipinski definition) is 0. The Labute approximate surface area is 159 Å². The first-order valence-corrected chi connectivity index (χ1v) is 9.58. The molecule has 0 amide bonds. The molecule has 2 aromatic rings. The fourth-order valence-corrected chi connectivity index (χ4v) is 4.17. The summed E-state index contributed by atoms with van der Waals surface area (Å²) in [6, 6.07) is 16.5. The van der Waals surface area contributed by atoms with Crippen LogP contribution in [0.5, 0.6) is 11.5 Å². The molecule has 0 saturated heterocycles. The van der Waals surface area contributed by atoms with Gasteiger partial charge in [-0.3, -0.25) is 4.79 Å². The SMILES string of the molecule is O=C(CC1=CC=C(Cc2ccccc2)C1)C1(c2ccc3c(c2)OCO3)CC1. The molecule has 27 heavy (non-hydrogen) atoms. The molecular formula is C24H22O3. The highest BCUT2D eigenvalue weighted by Gasteiger charge is 2.51. The average molecular weight is 358 g/mol. The Hall–Kier alpha value is -2.81. The Morgan fingerprint density at radius 2 is 1.70 bits per heavy atom. The van der Waals surface area contributed by atoms with Crippen LogP contribution in [0.15, 0.2) is 71.8 Å². The number of rotatable bonds is 6. The zero-order valence-corrected chi connectivity index (χ0v) is 15.2. The van der Waals surface area contributed by atoms with E-state index in [2.05, 4.69) is 36.4 Å². The number of fused-ring (bicyclic) bond motifs is 1. The number of ketones is 1. The predicted molar refractivity (Wildman–Crippen MR) is 104 cm³/mol. The summed E-state index contributed by atoms with van der Waals surface area (Å²) in [6.07, 6.45) is 8.62. The summed E-state index contributed by atoms with van der Waals surface area (Å²) in [5, 5.41) is 0. The molecule has 2 aromatic carbocycles. The molecule has 0 spiro atoms. The molecule has 5 rings (SSSR count). The highest BCUT2D eigenvalue weighted by atomic mass is 16.7. The second-order valence-corrected chi connectivity index (χ2v) is 7.74. The molecule has 0 N–H and O–H groups in total. The monoisotopic (exact) mass is 358 g/mol. The minimum Gasteiger partial charge on any atom is -0.454 e. The van der Waals surface area contributed by atoms with Gasteiger partial charge in [-0.1, -0.05) is 59.7 Å². The molecule has 1 heterocycles. The Morgan fingerprint density at radius 3 is 2.52 bits per heavy atom. The number of ether oxygens (including phenoxy) is 2. The van der Waals surface area contributed by atoms with Gasteiger partial charge < -0.3 is 9.47 Å². The van der Waals surface area contributed by atoms with E-state index in [1.807, 2.05) is 24.3 Å². The van der Waals surface area contributed by atoms with Gasteiger partial charge in [0.2, 0.25) is 6.79 Å². The third kappa shape index (κ3) is 3.08. The lowest BCUT2D eigenvalue weighted by Crippen LogP contribution is -2.20. The smallest absolute Gasteiger partial charge is 0.231 e. The molecule has 0 bridgehead atoms. The van der Waals surface area contributed by atoms with Crippen molar-refractivity contribution >= 4 is 5.78 Å². The number of hydrogen-bond acceptors (Lipinski definition) is 3. The van der Waals surface area contributed by atoms with Crippen molar-refractivity contribution in [3.05, 3.63) is 83.0 Å². The lowest BCUT2D eigenvalue weighted by molar-refractivity contribution is -0.120. The van der Waals surface area contributed by atoms with Crippen molar-refractivity contribution in [2.45, 2.75) is 37.5 Å².